The Kier molecular flexibility index (Phi) is 1.63. The molecule has 3 N–H and O–H groups in total. The largest absolute Gasteiger partial charge is 0.370 e. The van der Waals surface area contributed by atoms with Crippen LogP contribution in [0.5, 0.6) is 0 Å². The fraction of sp³-hybridized carbons (Fsp3) is 0.571. The maximum Gasteiger partial charge on any atom is 0.100 e. The van der Waals surface area contributed by atoms with E-state index < -0.39 is 0 Å². The Morgan fingerprint density at radius 3 is 3.18 bits per heavy atom. The van der Waals surface area contributed by atoms with E-state index >= 15 is 0 Å². The van der Waals surface area contributed by atoms with Crippen LogP contribution in [0.1, 0.15) is 18.2 Å². The van der Waals surface area contributed by atoms with Crippen molar-refractivity contribution in [2.24, 2.45) is 5.73 Å². The highest BCUT2D eigenvalue weighted by atomic mass is 16.5. The van der Waals surface area contributed by atoms with E-state index in [1.54, 1.807) is 12.5 Å². The summed E-state index contributed by atoms with van der Waals surface area (Å²) in [4.78, 5) is 6.92. The van der Waals surface area contributed by atoms with Crippen LogP contribution in [0.2, 0.25) is 0 Å². The Hall–Kier alpha value is -0.870. The molecule has 0 aromatic carbocycles. The lowest BCUT2D eigenvalue weighted by Crippen LogP contribution is -2.18. The van der Waals surface area contributed by atoms with E-state index in [0.29, 0.717) is 6.61 Å². The maximum atomic E-state index is 5.67. The van der Waals surface area contributed by atoms with Crippen LogP contribution < -0.4 is 5.73 Å². The monoisotopic (exact) mass is 153 g/mol. The molecule has 1 aromatic heterocycles. The first-order chi connectivity index (χ1) is 5.36. The molecular formula is C7H11N3O. The lowest BCUT2D eigenvalue weighted by Gasteiger charge is -2.04. The fourth-order valence-corrected chi connectivity index (χ4v) is 1.31. The first-order valence-electron chi connectivity index (χ1n) is 3.71. The normalized spacial score (nSPS) is 31.0. The van der Waals surface area contributed by atoms with Crippen molar-refractivity contribution in [2.75, 3.05) is 6.61 Å². The molecule has 0 spiro atoms. The zero-order chi connectivity index (χ0) is 7.68. The van der Waals surface area contributed by atoms with E-state index in [2.05, 4.69) is 9.97 Å². The smallest absolute Gasteiger partial charge is 0.100 e. The Morgan fingerprint density at radius 1 is 1.73 bits per heavy atom. The second-order valence-electron chi connectivity index (χ2n) is 2.82. The highest BCUT2D eigenvalue weighted by Crippen LogP contribution is 2.25. The van der Waals surface area contributed by atoms with E-state index in [9.17, 15) is 0 Å². The topological polar surface area (TPSA) is 63.9 Å². The number of aromatic nitrogens is 2. The average Bonchev–Trinajstić information content (AvgIpc) is 2.55. The summed E-state index contributed by atoms with van der Waals surface area (Å²) in [5.41, 5.74) is 6.70. The van der Waals surface area contributed by atoms with Crippen LogP contribution in [0, 0.1) is 0 Å². The minimum atomic E-state index is 0.132. The summed E-state index contributed by atoms with van der Waals surface area (Å²) in [6.07, 6.45) is 4.46. The quantitative estimate of drug-likeness (QED) is 0.605. The molecule has 1 fully saturated rings. The molecule has 0 amide bonds. The highest BCUT2D eigenvalue weighted by molar-refractivity contribution is 5.02. The maximum absolute atomic E-state index is 5.67. The average molecular weight is 153 g/mol. The number of aromatic amines is 1. The van der Waals surface area contributed by atoms with Crippen molar-refractivity contribution >= 4 is 0 Å². The summed E-state index contributed by atoms with van der Waals surface area (Å²) in [7, 11) is 0. The highest BCUT2D eigenvalue weighted by Gasteiger charge is 2.24. The molecule has 1 aromatic rings. The van der Waals surface area contributed by atoms with Crippen molar-refractivity contribution in [3.63, 3.8) is 0 Å². The number of nitrogens with two attached hydrogens (primary N) is 1. The number of rotatable bonds is 1. The summed E-state index contributed by atoms with van der Waals surface area (Å²) >= 11 is 0. The molecular weight excluding hydrogens is 142 g/mol. The van der Waals surface area contributed by atoms with Crippen LogP contribution in [0.3, 0.4) is 0 Å². The summed E-state index contributed by atoms with van der Waals surface area (Å²) in [5.74, 6) is 0. The SMILES string of the molecule is NC1COC(c2cnc[nH]2)C1. The number of hydrogen-bond acceptors (Lipinski definition) is 3. The molecule has 0 radical (unpaired) electrons. The Bertz CT molecular complexity index is 222. The van der Waals surface area contributed by atoms with Gasteiger partial charge in [0.05, 0.1) is 24.8 Å². The summed E-state index contributed by atoms with van der Waals surface area (Å²) in [5, 5.41) is 0. The van der Waals surface area contributed by atoms with Gasteiger partial charge in [-0.1, -0.05) is 0 Å². The fourth-order valence-electron chi connectivity index (χ4n) is 1.31. The van der Waals surface area contributed by atoms with Gasteiger partial charge in [0, 0.05) is 6.04 Å². The van der Waals surface area contributed by atoms with Crippen molar-refractivity contribution in [1.29, 1.82) is 0 Å². The van der Waals surface area contributed by atoms with E-state index in [4.69, 9.17) is 10.5 Å². The van der Waals surface area contributed by atoms with Gasteiger partial charge in [-0.2, -0.15) is 0 Å². The van der Waals surface area contributed by atoms with Crippen molar-refractivity contribution in [3.8, 4) is 0 Å². The molecule has 2 heterocycles. The molecule has 4 heteroatoms. The standard InChI is InChI=1S/C7H11N3O/c8-5-1-7(11-3-5)6-2-9-4-10-6/h2,4-5,7H,1,3,8H2,(H,9,10). The van der Waals surface area contributed by atoms with Gasteiger partial charge in [0.25, 0.3) is 0 Å². The van der Waals surface area contributed by atoms with Crippen molar-refractivity contribution < 1.29 is 4.74 Å². The lowest BCUT2D eigenvalue weighted by atomic mass is 10.1. The van der Waals surface area contributed by atoms with Gasteiger partial charge in [-0.05, 0) is 6.42 Å². The van der Waals surface area contributed by atoms with Gasteiger partial charge in [-0.15, -0.1) is 0 Å². The molecule has 2 rings (SSSR count). The Morgan fingerprint density at radius 2 is 2.64 bits per heavy atom. The van der Waals surface area contributed by atoms with Gasteiger partial charge in [-0.3, -0.25) is 0 Å². The zero-order valence-electron chi connectivity index (χ0n) is 6.16. The molecule has 11 heavy (non-hydrogen) atoms. The number of nitrogens with one attached hydrogen (secondary N) is 1. The predicted molar refractivity (Wildman–Crippen MR) is 39.9 cm³/mol. The molecule has 2 unspecified atom stereocenters. The number of ether oxygens (including phenoxy) is 1. The van der Waals surface area contributed by atoms with E-state index in [1.807, 2.05) is 0 Å². The third-order valence-corrected chi connectivity index (χ3v) is 1.89. The van der Waals surface area contributed by atoms with Crippen LogP contribution in [-0.2, 0) is 4.74 Å². The molecule has 1 aliphatic rings. The first-order valence-corrected chi connectivity index (χ1v) is 3.71. The van der Waals surface area contributed by atoms with Gasteiger partial charge in [0.15, 0.2) is 0 Å². The van der Waals surface area contributed by atoms with Crippen molar-refractivity contribution in [2.45, 2.75) is 18.6 Å². The van der Waals surface area contributed by atoms with E-state index in [1.165, 1.54) is 0 Å². The number of H-pyrrole nitrogens is 1. The third kappa shape index (κ3) is 1.27. The molecule has 1 saturated heterocycles. The van der Waals surface area contributed by atoms with Crippen molar-refractivity contribution in [3.05, 3.63) is 18.2 Å². The summed E-state index contributed by atoms with van der Waals surface area (Å²) in [6.45, 7) is 0.656. The van der Waals surface area contributed by atoms with Crippen molar-refractivity contribution in [1.82, 2.24) is 9.97 Å². The van der Waals surface area contributed by atoms with Gasteiger partial charge >= 0.3 is 0 Å². The van der Waals surface area contributed by atoms with Crippen LogP contribution in [0.25, 0.3) is 0 Å². The lowest BCUT2D eigenvalue weighted by molar-refractivity contribution is 0.107. The number of imidazole rings is 1. The first kappa shape index (κ1) is 6.82. The molecule has 2 atom stereocenters. The molecule has 4 nitrogen and oxygen atoms in total. The minimum absolute atomic E-state index is 0.132. The summed E-state index contributed by atoms with van der Waals surface area (Å²) in [6, 6.07) is 0.184. The van der Waals surface area contributed by atoms with Crippen LogP contribution >= 0.6 is 0 Å². The molecule has 0 aliphatic carbocycles. The minimum Gasteiger partial charge on any atom is -0.370 e. The molecule has 1 aliphatic heterocycles. The number of hydrogen-bond donors (Lipinski definition) is 2. The third-order valence-electron chi connectivity index (χ3n) is 1.89. The molecule has 0 saturated carbocycles. The van der Waals surface area contributed by atoms with Crippen LogP contribution in [-0.4, -0.2) is 22.6 Å². The van der Waals surface area contributed by atoms with Crippen LogP contribution in [0.4, 0.5) is 0 Å². The second kappa shape index (κ2) is 2.64. The van der Waals surface area contributed by atoms with Crippen LogP contribution in [0.15, 0.2) is 12.5 Å². The van der Waals surface area contributed by atoms with Gasteiger partial charge in [-0.25, -0.2) is 4.98 Å². The zero-order valence-corrected chi connectivity index (χ0v) is 6.16. The van der Waals surface area contributed by atoms with Gasteiger partial charge < -0.3 is 15.5 Å². The summed E-state index contributed by atoms with van der Waals surface area (Å²) < 4.78 is 5.41. The molecule has 0 bridgehead atoms. The number of nitrogens with zero attached hydrogens (tertiary/aromatic N) is 1. The van der Waals surface area contributed by atoms with E-state index in [0.717, 1.165) is 12.1 Å². The molecule has 60 valence electrons. The Balaban J connectivity index is 2.08. The predicted octanol–water partition coefficient (Wildman–Crippen LogP) is 0.198. The Labute approximate surface area is 64.8 Å². The second-order valence-corrected chi connectivity index (χ2v) is 2.82. The van der Waals surface area contributed by atoms with E-state index in [-0.39, 0.29) is 12.1 Å². The van der Waals surface area contributed by atoms with Gasteiger partial charge in [0.1, 0.15) is 6.10 Å². The van der Waals surface area contributed by atoms with Gasteiger partial charge in [0.2, 0.25) is 0 Å².